The van der Waals surface area contributed by atoms with Crippen LogP contribution in [0.4, 0.5) is 0 Å². The zero-order valence-corrected chi connectivity index (χ0v) is 18.6. The van der Waals surface area contributed by atoms with Crippen LogP contribution in [0, 0.1) is 12.8 Å². The molecule has 0 aliphatic carbocycles. The molecule has 0 spiro atoms. The molecule has 32 heavy (non-hydrogen) atoms. The highest BCUT2D eigenvalue weighted by atomic mass is 16.4. The van der Waals surface area contributed by atoms with E-state index >= 15 is 0 Å². The maximum Gasteiger partial charge on any atom is 0.317 e. The predicted molar refractivity (Wildman–Crippen MR) is 118 cm³/mol. The Labute approximate surface area is 188 Å². The highest BCUT2D eigenvalue weighted by molar-refractivity contribution is 5.69. The summed E-state index contributed by atoms with van der Waals surface area (Å²) in [6, 6.07) is 5.89. The molecule has 0 unspecified atom stereocenters. The molecule has 0 radical (unpaired) electrons. The SMILES string of the molecule is Cc1cccc(CC2CCN(CC(=O)O)CCN(CC(=O)O)CCN(CC(=O)O)CC2)n1. The van der Waals surface area contributed by atoms with Crippen molar-refractivity contribution in [2.75, 3.05) is 58.9 Å². The number of aromatic nitrogens is 1. The third-order valence-corrected chi connectivity index (χ3v) is 5.69. The molecule has 0 atom stereocenters. The van der Waals surface area contributed by atoms with Crippen LogP contribution >= 0.6 is 0 Å². The van der Waals surface area contributed by atoms with Crippen LogP contribution in [0.5, 0.6) is 0 Å². The molecular formula is C22H34N4O6. The Balaban J connectivity index is 2.16. The van der Waals surface area contributed by atoms with Gasteiger partial charge < -0.3 is 15.3 Å². The number of hydrogen-bond donors (Lipinski definition) is 3. The van der Waals surface area contributed by atoms with Gasteiger partial charge in [-0.05, 0) is 57.3 Å². The van der Waals surface area contributed by atoms with Crippen LogP contribution in [-0.4, -0.2) is 112 Å². The first-order valence-electron chi connectivity index (χ1n) is 11.0. The van der Waals surface area contributed by atoms with E-state index in [1.165, 1.54) is 0 Å². The lowest BCUT2D eigenvalue weighted by molar-refractivity contribution is -0.140. The molecule has 1 fully saturated rings. The first-order chi connectivity index (χ1) is 15.2. The third kappa shape index (κ3) is 10.2. The summed E-state index contributed by atoms with van der Waals surface area (Å²) in [5.41, 5.74) is 1.92. The van der Waals surface area contributed by atoms with Crippen molar-refractivity contribution in [3.05, 3.63) is 29.6 Å². The van der Waals surface area contributed by atoms with Gasteiger partial charge in [-0.3, -0.25) is 34.1 Å². The second-order valence-electron chi connectivity index (χ2n) is 8.43. The minimum Gasteiger partial charge on any atom is -0.480 e. The monoisotopic (exact) mass is 450 g/mol. The van der Waals surface area contributed by atoms with E-state index in [1.807, 2.05) is 34.9 Å². The van der Waals surface area contributed by atoms with Crippen molar-refractivity contribution in [2.45, 2.75) is 26.2 Å². The van der Waals surface area contributed by atoms with Gasteiger partial charge in [0.1, 0.15) is 0 Å². The largest absolute Gasteiger partial charge is 0.480 e. The molecule has 0 bridgehead atoms. The summed E-state index contributed by atoms with van der Waals surface area (Å²) in [7, 11) is 0. The Morgan fingerprint density at radius 1 is 0.812 bits per heavy atom. The molecule has 3 N–H and O–H groups in total. The second-order valence-corrected chi connectivity index (χ2v) is 8.43. The smallest absolute Gasteiger partial charge is 0.317 e. The lowest BCUT2D eigenvalue weighted by Gasteiger charge is -2.31. The van der Waals surface area contributed by atoms with Crippen LogP contribution in [0.1, 0.15) is 24.2 Å². The first kappa shape index (κ1) is 25.7. The van der Waals surface area contributed by atoms with Gasteiger partial charge in [0.2, 0.25) is 0 Å². The van der Waals surface area contributed by atoms with Gasteiger partial charge >= 0.3 is 17.9 Å². The fraction of sp³-hybridized carbons (Fsp3) is 0.636. The molecule has 0 saturated carbocycles. The number of carboxylic acid groups (broad SMARTS) is 3. The molecule has 0 aromatic carbocycles. The van der Waals surface area contributed by atoms with Gasteiger partial charge in [-0.2, -0.15) is 0 Å². The van der Waals surface area contributed by atoms with Crippen molar-refractivity contribution >= 4 is 17.9 Å². The van der Waals surface area contributed by atoms with Crippen molar-refractivity contribution in [1.82, 2.24) is 19.7 Å². The van der Waals surface area contributed by atoms with E-state index in [0.717, 1.165) is 30.7 Å². The Kier molecular flexibility index (Phi) is 10.5. The van der Waals surface area contributed by atoms with E-state index in [0.29, 0.717) is 39.3 Å². The van der Waals surface area contributed by atoms with Gasteiger partial charge in [0, 0.05) is 37.6 Å². The van der Waals surface area contributed by atoms with Crippen LogP contribution in [0.25, 0.3) is 0 Å². The number of aryl methyl sites for hydroxylation is 1. The summed E-state index contributed by atoms with van der Waals surface area (Å²) in [6.45, 7) is 4.42. The molecule has 10 heteroatoms. The quantitative estimate of drug-likeness (QED) is 0.514. The molecule has 1 aromatic heterocycles. The van der Waals surface area contributed by atoms with Gasteiger partial charge in [-0.25, -0.2) is 0 Å². The Morgan fingerprint density at radius 2 is 1.25 bits per heavy atom. The normalized spacial score (nSPS) is 18.5. The Bertz CT molecular complexity index is 743. The number of pyridine rings is 1. The maximum atomic E-state index is 11.3. The van der Waals surface area contributed by atoms with Crippen molar-refractivity contribution in [3.8, 4) is 0 Å². The second kappa shape index (κ2) is 13.1. The van der Waals surface area contributed by atoms with Crippen molar-refractivity contribution < 1.29 is 29.7 Å². The van der Waals surface area contributed by atoms with E-state index in [2.05, 4.69) is 4.98 Å². The van der Waals surface area contributed by atoms with Crippen LogP contribution < -0.4 is 0 Å². The van der Waals surface area contributed by atoms with E-state index in [1.54, 1.807) is 4.90 Å². The Morgan fingerprint density at radius 3 is 1.66 bits per heavy atom. The van der Waals surface area contributed by atoms with E-state index in [-0.39, 0.29) is 25.6 Å². The molecule has 10 nitrogen and oxygen atoms in total. The van der Waals surface area contributed by atoms with E-state index in [9.17, 15) is 29.7 Å². The van der Waals surface area contributed by atoms with Crippen molar-refractivity contribution in [1.29, 1.82) is 0 Å². The average molecular weight is 451 g/mol. The van der Waals surface area contributed by atoms with E-state index in [4.69, 9.17) is 0 Å². The molecule has 2 heterocycles. The number of aliphatic carboxylic acids is 3. The van der Waals surface area contributed by atoms with Gasteiger partial charge in [0.05, 0.1) is 19.6 Å². The number of nitrogens with zero attached hydrogens (tertiary/aromatic N) is 4. The fourth-order valence-electron chi connectivity index (χ4n) is 4.04. The van der Waals surface area contributed by atoms with Crippen LogP contribution in [0.2, 0.25) is 0 Å². The number of rotatable bonds is 8. The summed E-state index contributed by atoms with van der Waals surface area (Å²) in [5.74, 6) is -2.55. The molecule has 1 aromatic rings. The van der Waals surface area contributed by atoms with Crippen molar-refractivity contribution in [2.24, 2.45) is 5.92 Å². The van der Waals surface area contributed by atoms with Crippen LogP contribution in [-0.2, 0) is 20.8 Å². The number of carbonyl (C=O) groups is 3. The Hall–Kier alpha value is -2.56. The minimum absolute atomic E-state index is 0.0958. The minimum atomic E-state index is -0.961. The number of hydrogen-bond acceptors (Lipinski definition) is 7. The van der Waals surface area contributed by atoms with Crippen LogP contribution in [0.15, 0.2) is 18.2 Å². The number of carboxylic acids is 3. The fourth-order valence-corrected chi connectivity index (χ4v) is 4.04. The third-order valence-electron chi connectivity index (χ3n) is 5.69. The standard InChI is InChI=1S/C22H34N4O6/c1-17-3-2-4-19(23-17)13-18-5-7-24(14-20(27)28)9-11-26(16-22(31)32)12-10-25(8-6-18)15-21(29)30/h2-4,18H,5-16H2,1H3,(H,27,28)(H,29,30)(H,31,32). The van der Waals surface area contributed by atoms with Crippen molar-refractivity contribution in [3.63, 3.8) is 0 Å². The predicted octanol–water partition coefficient (Wildman–Crippen LogP) is 0.502. The maximum absolute atomic E-state index is 11.3. The van der Waals surface area contributed by atoms with Gasteiger partial charge in [0.25, 0.3) is 0 Å². The summed E-state index contributed by atoms with van der Waals surface area (Å²) in [6.07, 6.45) is 2.25. The van der Waals surface area contributed by atoms with Crippen LogP contribution in [0.3, 0.4) is 0 Å². The molecule has 178 valence electrons. The summed E-state index contributed by atoms with van der Waals surface area (Å²) < 4.78 is 0. The molecule has 1 aliphatic rings. The summed E-state index contributed by atoms with van der Waals surface area (Å²) >= 11 is 0. The van der Waals surface area contributed by atoms with Gasteiger partial charge in [-0.1, -0.05) is 6.07 Å². The molecular weight excluding hydrogens is 416 g/mol. The van der Waals surface area contributed by atoms with Gasteiger partial charge in [-0.15, -0.1) is 0 Å². The zero-order valence-electron chi connectivity index (χ0n) is 18.6. The molecule has 1 saturated heterocycles. The zero-order chi connectivity index (χ0) is 23.5. The van der Waals surface area contributed by atoms with Gasteiger partial charge in [0.15, 0.2) is 0 Å². The lowest BCUT2D eigenvalue weighted by Crippen LogP contribution is -2.45. The highest BCUT2D eigenvalue weighted by Gasteiger charge is 2.21. The summed E-state index contributed by atoms with van der Waals surface area (Å²) in [5, 5.41) is 27.8. The summed E-state index contributed by atoms with van der Waals surface area (Å²) in [4.78, 5) is 43.9. The molecule has 2 rings (SSSR count). The average Bonchev–Trinajstić information content (AvgIpc) is 2.69. The van der Waals surface area contributed by atoms with E-state index < -0.39 is 17.9 Å². The topological polar surface area (TPSA) is 135 Å². The first-order valence-corrected chi connectivity index (χ1v) is 11.0. The lowest BCUT2D eigenvalue weighted by atomic mass is 9.94. The molecule has 1 aliphatic heterocycles. The molecule has 0 amide bonds. The highest BCUT2D eigenvalue weighted by Crippen LogP contribution is 2.18.